The second kappa shape index (κ2) is 8.91. The predicted molar refractivity (Wildman–Crippen MR) is 118 cm³/mol. The molecule has 1 aromatic heterocycles. The summed E-state index contributed by atoms with van der Waals surface area (Å²) in [4.78, 5) is 23.5. The highest BCUT2D eigenvalue weighted by molar-refractivity contribution is 6.34. The van der Waals surface area contributed by atoms with Crippen molar-refractivity contribution in [2.45, 2.75) is 25.9 Å². The van der Waals surface area contributed by atoms with Gasteiger partial charge in [-0.15, -0.1) is 0 Å². The molecule has 1 aliphatic carbocycles. The standard InChI is InChI=1S/C23H20Cl2O6/c1-12-7-16(21-11-19(26)15-3-2-4-17(24)22(15)31-21)20(10-18(12)25)30-6-5-29-14-8-13(9-14)23(27)28/h2-4,7,10-11,13-14H,5-6,8-9H2,1H3,(H,27,28). The maximum Gasteiger partial charge on any atom is 0.306 e. The molecule has 4 rings (SSSR count). The van der Waals surface area contributed by atoms with Crippen molar-refractivity contribution in [2.24, 2.45) is 5.92 Å². The lowest BCUT2D eigenvalue weighted by molar-refractivity contribution is -0.151. The summed E-state index contributed by atoms with van der Waals surface area (Å²) in [6.07, 6.45) is 0.964. The Labute approximate surface area is 188 Å². The summed E-state index contributed by atoms with van der Waals surface area (Å²) in [6.45, 7) is 2.38. The van der Waals surface area contributed by atoms with E-state index in [2.05, 4.69) is 0 Å². The number of fused-ring (bicyclic) bond motifs is 1. The normalized spacial score (nSPS) is 18.0. The summed E-state index contributed by atoms with van der Waals surface area (Å²) in [5.41, 5.74) is 1.48. The first-order valence-electron chi connectivity index (χ1n) is 9.83. The minimum atomic E-state index is -0.785. The zero-order chi connectivity index (χ0) is 22.1. The van der Waals surface area contributed by atoms with Crippen LogP contribution in [0.4, 0.5) is 0 Å². The minimum absolute atomic E-state index is 0.0635. The number of para-hydroxylation sites is 1. The van der Waals surface area contributed by atoms with E-state index in [0.29, 0.717) is 57.5 Å². The van der Waals surface area contributed by atoms with E-state index in [1.165, 1.54) is 6.07 Å². The summed E-state index contributed by atoms with van der Waals surface area (Å²) >= 11 is 12.5. The van der Waals surface area contributed by atoms with E-state index in [0.717, 1.165) is 5.56 Å². The molecule has 1 heterocycles. The highest BCUT2D eigenvalue weighted by Gasteiger charge is 2.35. The van der Waals surface area contributed by atoms with Gasteiger partial charge in [0.05, 0.1) is 34.6 Å². The Morgan fingerprint density at radius 2 is 1.94 bits per heavy atom. The van der Waals surface area contributed by atoms with Crippen LogP contribution in [0.5, 0.6) is 5.75 Å². The molecule has 0 amide bonds. The van der Waals surface area contributed by atoms with Crippen LogP contribution in [0, 0.1) is 12.8 Å². The quantitative estimate of drug-likeness (QED) is 0.477. The van der Waals surface area contributed by atoms with Gasteiger partial charge in [-0.1, -0.05) is 29.3 Å². The maximum absolute atomic E-state index is 12.6. The number of carboxylic acids is 1. The topological polar surface area (TPSA) is 86.0 Å². The molecule has 6 nitrogen and oxygen atoms in total. The molecule has 0 bridgehead atoms. The number of benzene rings is 2. The van der Waals surface area contributed by atoms with Gasteiger partial charge < -0.3 is 19.0 Å². The van der Waals surface area contributed by atoms with Crippen molar-refractivity contribution in [2.75, 3.05) is 13.2 Å². The number of carboxylic acid groups (broad SMARTS) is 1. The molecular weight excluding hydrogens is 443 g/mol. The van der Waals surface area contributed by atoms with E-state index in [4.69, 9.17) is 42.2 Å². The van der Waals surface area contributed by atoms with Gasteiger partial charge in [-0.3, -0.25) is 9.59 Å². The summed E-state index contributed by atoms with van der Waals surface area (Å²) in [6, 6.07) is 9.89. The molecule has 0 saturated heterocycles. The zero-order valence-corrected chi connectivity index (χ0v) is 18.2. The lowest BCUT2D eigenvalue weighted by atomic mass is 9.82. The highest BCUT2D eigenvalue weighted by Crippen LogP contribution is 2.36. The average Bonchev–Trinajstić information content (AvgIpc) is 2.69. The number of halogens is 2. The van der Waals surface area contributed by atoms with Crippen LogP contribution in [0.3, 0.4) is 0 Å². The van der Waals surface area contributed by atoms with E-state index in [1.54, 1.807) is 30.3 Å². The summed E-state index contributed by atoms with van der Waals surface area (Å²) < 4.78 is 17.5. The van der Waals surface area contributed by atoms with Crippen molar-refractivity contribution in [3.05, 3.63) is 62.2 Å². The third-order valence-electron chi connectivity index (χ3n) is 5.37. The van der Waals surface area contributed by atoms with Crippen molar-refractivity contribution < 1.29 is 23.8 Å². The smallest absolute Gasteiger partial charge is 0.306 e. The second-order valence-corrected chi connectivity index (χ2v) is 8.35. The molecular formula is C23H20Cl2O6. The van der Waals surface area contributed by atoms with Crippen molar-refractivity contribution in [3.63, 3.8) is 0 Å². The Hall–Kier alpha value is -2.54. The van der Waals surface area contributed by atoms with Gasteiger partial charge in [0.15, 0.2) is 11.0 Å². The third-order valence-corrected chi connectivity index (χ3v) is 6.08. The molecule has 3 aromatic rings. The van der Waals surface area contributed by atoms with Gasteiger partial charge in [0.1, 0.15) is 18.1 Å². The molecule has 0 unspecified atom stereocenters. The van der Waals surface area contributed by atoms with Gasteiger partial charge in [-0.2, -0.15) is 0 Å². The number of rotatable bonds is 7. The lowest BCUT2D eigenvalue weighted by Gasteiger charge is -2.32. The first-order chi connectivity index (χ1) is 14.8. The van der Waals surface area contributed by atoms with Crippen LogP contribution in [-0.2, 0) is 9.53 Å². The first kappa shape index (κ1) is 21.7. The van der Waals surface area contributed by atoms with E-state index in [-0.39, 0.29) is 24.1 Å². The van der Waals surface area contributed by atoms with Gasteiger partial charge in [0, 0.05) is 11.1 Å². The van der Waals surface area contributed by atoms with Crippen LogP contribution in [0.2, 0.25) is 10.0 Å². The minimum Gasteiger partial charge on any atom is -0.490 e. The molecule has 2 aromatic carbocycles. The van der Waals surface area contributed by atoms with Crippen LogP contribution in [0.1, 0.15) is 18.4 Å². The number of aliphatic carboxylic acids is 1. The van der Waals surface area contributed by atoms with Crippen LogP contribution in [0.25, 0.3) is 22.3 Å². The van der Waals surface area contributed by atoms with E-state index < -0.39 is 5.97 Å². The van der Waals surface area contributed by atoms with Crippen LogP contribution in [-0.4, -0.2) is 30.4 Å². The predicted octanol–water partition coefficient (Wildman–Crippen LogP) is 5.33. The van der Waals surface area contributed by atoms with Gasteiger partial charge in [0.25, 0.3) is 0 Å². The largest absolute Gasteiger partial charge is 0.490 e. The fourth-order valence-corrected chi connectivity index (χ4v) is 3.89. The molecule has 0 radical (unpaired) electrons. The van der Waals surface area contributed by atoms with E-state index in [1.807, 2.05) is 6.92 Å². The third kappa shape index (κ3) is 4.56. The Kier molecular flexibility index (Phi) is 6.23. The molecule has 8 heteroatoms. The molecule has 0 aliphatic heterocycles. The monoisotopic (exact) mass is 462 g/mol. The molecule has 1 saturated carbocycles. The molecule has 1 fully saturated rings. The van der Waals surface area contributed by atoms with Gasteiger partial charge in [-0.25, -0.2) is 0 Å². The second-order valence-electron chi connectivity index (χ2n) is 7.54. The number of hydrogen-bond acceptors (Lipinski definition) is 5. The summed E-state index contributed by atoms with van der Waals surface area (Å²) in [5.74, 6) is -0.335. The molecule has 0 spiro atoms. The Bertz CT molecular complexity index is 1200. The SMILES string of the molecule is Cc1cc(-c2cc(=O)c3cccc(Cl)c3o2)c(OCCOC2CC(C(=O)O)C2)cc1Cl. The lowest BCUT2D eigenvalue weighted by Crippen LogP contribution is -2.37. The van der Waals surface area contributed by atoms with Gasteiger partial charge in [-0.05, 0) is 49.6 Å². The van der Waals surface area contributed by atoms with Crippen LogP contribution < -0.4 is 10.2 Å². The molecule has 0 atom stereocenters. The highest BCUT2D eigenvalue weighted by atomic mass is 35.5. The van der Waals surface area contributed by atoms with Gasteiger partial charge in [0.2, 0.25) is 0 Å². The molecule has 1 N–H and O–H groups in total. The number of carbonyl (C=O) groups is 1. The number of aryl methyl sites for hydroxylation is 1. The first-order valence-corrected chi connectivity index (χ1v) is 10.6. The molecule has 1 aliphatic rings. The van der Waals surface area contributed by atoms with Crippen molar-refractivity contribution >= 4 is 40.1 Å². The van der Waals surface area contributed by atoms with Crippen molar-refractivity contribution in [1.82, 2.24) is 0 Å². The van der Waals surface area contributed by atoms with Gasteiger partial charge >= 0.3 is 5.97 Å². The Morgan fingerprint density at radius 1 is 1.16 bits per heavy atom. The Balaban J connectivity index is 1.54. The number of hydrogen-bond donors (Lipinski definition) is 1. The fraction of sp³-hybridized carbons (Fsp3) is 0.304. The zero-order valence-electron chi connectivity index (χ0n) is 16.7. The van der Waals surface area contributed by atoms with Crippen LogP contribution >= 0.6 is 23.2 Å². The fourth-order valence-electron chi connectivity index (χ4n) is 3.52. The number of ether oxygens (including phenoxy) is 2. The van der Waals surface area contributed by atoms with E-state index in [9.17, 15) is 9.59 Å². The summed E-state index contributed by atoms with van der Waals surface area (Å²) in [5, 5.41) is 10.2. The van der Waals surface area contributed by atoms with E-state index >= 15 is 0 Å². The summed E-state index contributed by atoms with van der Waals surface area (Å²) in [7, 11) is 0. The maximum atomic E-state index is 12.6. The average molecular weight is 463 g/mol. The van der Waals surface area contributed by atoms with Crippen LogP contribution in [0.15, 0.2) is 45.6 Å². The van der Waals surface area contributed by atoms with Crippen molar-refractivity contribution in [1.29, 1.82) is 0 Å². The Morgan fingerprint density at radius 3 is 2.68 bits per heavy atom. The molecule has 31 heavy (non-hydrogen) atoms. The van der Waals surface area contributed by atoms with Crippen molar-refractivity contribution in [3.8, 4) is 17.1 Å². The molecule has 162 valence electrons.